The molecule has 0 radical (unpaired) electrons. The zero-order chi connectivity index (χ0) is 18.5. The summed E-state index contributed by atoms with van der Waals surface area (Å²) in [6, 6.07) is 21.0. The fraction of sp³-hybridized carbons (Fsp3) is 0.0476. The lowest BCUT2D eigenvalue weighted by molar-refractivity contribution is 0.102. The van der Waals surface area contributed by atoms with E-state index in [4.69, 9.17) is 11.6 Å². The zero-order valence-corrected chi connectivity index (χ0v) is 14.9. The van der Waals surface area contributed by atoms with Crippen LogP contribution in [0.1, 0.15) is 26.3 Å². The van der Waals surface area contributed by atoms with Crippen LogP contribution in [0.4, 0.5) is 11.4 Å². The molecule has 0 spiro atoms. The second-order valence-electron chi connectivity index (χ2n) is 5.82. The Morgan fingerprint density at radius 3 is 1.88 bits per heavy atom. The van der Waals surface area contributed by atoms with Crippen molar-refractivity contribution in [2.45, 2.75) is 6.92 Å². The molecule has 3 aromatic rings. The third kappa shape index (κ3) is 4.29. The quantitative estimate of drug-likeness (QED) is 0.672. The first kappa shape index (κ1) is 17.7. The molecule has 2 N–H and O–H groups in total. The van der Waals surface area contributed by atoms with Gasteiger partial charge in [0.15, 0.2) is 0 Å². The summed E-state index contributed by atoms with van der Waals surface area (Å²) in [5, 5.41) is 6.20. The van der Waals surface area contributed by atoms with E-state index in [0.29, 0.717) is 27.5 Å². The molecule has 0 aliphatic rings. The molecule has 4 nitrogen and oxygen atoms in total. The van der Waals surface area contributed by atoms with Gasteiger partial charge < -0.3 is 10.6 Å². The molecule has 3 rings (SSSR count). The van der Waals surface area contributed by atoms with Crippen LogP contribution in [0.25, 0.3) is 0 Å². The molecule has 0 saturated carbocycles. The predicted octanol–water partition coefficient (Wildman–Crippen LogP) is 5.15. The van der Waals surface area contributed by atoms with Gasteiger partial charge in [-0.3, -0.25) is 9.59 Å². The number of carbonyl (C=O) groups is 2. The number of rotatable bonds is 4. The van der Waals surface area contributed by atoms with Crippen LogP contribution in [0, 0.1) is 6.92 Å². The number of benzene rings is 3. The first-order valence-corrected chi connectivity index (χ1v) is 8.45. The van der Waals surface area contributed by atoms with Crippen molar-refractivity contribution in [1.82, 2.24) is 0 Å². The Morgan fingerprint density at radius 1 is 0.731 bits per heavy atom. The van der Waals surface area contributed by atoms with Crippen LogP contribution in [-0.4, -0.2) is 11.8 Å². The predicted molar refractivity (Wildman–Crippen MR) is 105 cm³/mol. The SMILES string of the molecule is Cc1ccc(NC(=O)c2ccc(NC(=O)c3ccccc3)cc2)cc1Cl. The van der Waals surface area contributed by atoms with Crippen LogP contribution in [0.3, 0.4) is 0 Å². The van der Waals surface area contributed by atoms with Gasteiger partial charge in [0.25, 0.3) is 11.8 Å². The highest BCUT2D eigenvalue weighted by atomic mass is 35.5. The van der Waals surface area contributed by atoms with Gasteiger partial charge in [-0.1, -0.05) is 35.9 Å². The fourth-order valence-electron chi connectivity index (χ4n) is 2.37. The Morgan fingerprint density at radius 2 is 1.27 bits per heavy atom. The zero-order valence-electron chi connectivity index (χ0n) is 14.1. The number of amides is 2. The van der Waals surface area contributed by atoms with Crippen molar-refractivity contribution in [2.75, 3.05) is 10.6 Å². The summed E-state index contributed by atoms with van der Waals surface area (Å²) in [6.07, 6.45) is 0. The average Bonchev–Trinajstić information content (AvgIpc) is 2.66. The number of aryl methyl sites for hydroxylation is 1. The van der Waals surface area contributed by atoms with Crippen molar-refractivity contribution in [3.63, 3.8) is 0 Å². The van der Waals surface area contributed by atoms with Crippen LogP contribution in [0.2, 0.25) is 5.02 Å². The van der Waals surface area contributed by atoms with Crippen LogP contribution in [0.15, 0.2) is 72.8 Å². The number of carbonyl (C=O) groups excluding carboxylic acids is 2. The first-order chi connectivity index (χ1) is 12.5. The van der Waals surface area contributed by atoms with Gasteiger partial charge in [0.05, 0.1) is 0 Å². The van der Waals surface area contributed by atoms with Crippen LogP contribution in [-0.2, 0) is 0 Å². The summed E-state index contributed by atoms with van der Waals surface area (Å²) in [4.78, 5) is 24.5. The highest BCUT2D eigenvalue weighted by molar-refractivity contribution is 6.31. The Labute approximate surface area is 156 Å². The lowest BCUT2D eigenvalue weighted by atomic mass is 10.1. The molecule has 0 saturated heterocycles. The Balaban J connectivity index is 1.66. The van der Waals surface area contributed by atoms with Gasteiger partial charge in [-0.15, -0.1) is 0 Å². The molecule has 2 amide bonds. The van der Waals surface area contributed by atoms with Crippen molar-refractivity contribution >= 4 is 34.8 Å². The average molecular weight is 365 g/mol. The molecule has 0 fully saturated rings. The van der Waals surface area contributed by atoms with Crippen LogP contribution >= 0.6 is 11.6 Å². The number of halogens is 1. The van der Waals surface area contributed by atoms with Gasteiger partial charge in [-0.2, -0.15) is 0 Å². The summed E-state index contributed by atoms with van der Waals surface area (Å²) in [5.41, 5.74) is 3.26. The number of hydrogen-bond acceptors (Lipinski definition) is 2. The van der Waals surface area contributed by atoms with Crippen LogP contribution in [0.5, 0.6) is 0 Å². The standard InChI is InChI=1S/C21H17ClN2O2/c1-14-7-10-18(13-19(14)22)24-21(26)16-8-11-17(12-9-16)23-20(25)15-5-3-2-4-6-15/h2-13H,1H3,(H,23,25)(H,24,26). The van der Waals surface area contributed by atoms with E-state index >= 15 is 0 Å². The number of nitrogens with one attached hydrogen (secondary N) is 2. The van der Waals surface area contributed by atoms with E-state index in [0.717, 1.165) is 5.56 Å². The van der Waals surface area contributed by atoms with E-state index in [1.54, 1.807) is 60.7 Å². The largest absolute Gasteiger partial charge is 0.322 e. The van der Waals surface area contributed by atoms with E-state index in [2.05, 4.69) is 10.6 Å². The normalized spacial score (nSPS) is 10.2. The number of hydrogen-bond donors (Lipinski definition) is 2. The molecule has 0 aliphatic heterocycles. The summed E-state index contributed by atoms with van der Waals surface area (Å²) in [5.74, 6) is -0.442. The highest BCUT2D eigenvalue weighted by Gasteiger charge is 2.09. The van der Waals surface area contributed by atoms with E-state index in [1.165, 1.54) is 0 Å². The monoisotopic (exact) mass is 364 g/mol. The smallest absolute Gasteiger partial charge is 0.255 e. The van der Waals surface area contributed by atoms with Gasteiger partial charge in [0.2, 0.25) is 0 Å². The maximum absolute atomic E-state index is 12.3. The minimum Gasteiger partial charge on any atom is -0.322 e. The third-order valence-corrected chi connectivity index (χ3v) is 4.28. The summed E-state index contributed by atoms with van der Waals surface area (Å²) >= 11 is 6.07. The van der Waals surface area contributed by atoms with E-state index in [-0.39, 0.29) is 11.8 Å². The second-order valence-corrected chi connectivity index (χ2v) is 6.22. The molecule has 130 valence electrons. The second kappa shape index (κ2) is 7.85. The topological polar surface area (TPSA) is 58.2 Å². The minimum atomic E-state index is -0.245. The van der Waals surface area contributed by atoms with Crippen LogP contribution < -0.4 is 10.6 Å². The molecular weight excluding hydrogens is 348 g/mol. The summed E-state index contributed by atoms with van der Waals surface area (Å²) in [6.45, 7) is 1.90. The van der Waals surface area contributed by atoms with Gasteiger partial charge >= 0.3 is 0 Å². The van der Waals surface area contributed by atoms with Gasteiger partial charge in [0, 0.05) is 27.5 Å². The molecule has 0 unspecified atom stereocenters. The van der Waals surface area contributed by atoms with E-state index < -0.39 is 0 Å². The fourth-order valence-corrected chi connectivity index (χ4v) is 2.55. The molecule has 3 aromatic carbocycles. The van der Waals surface area contributed by atoms with Crippen molar-refractivity contribution in [3.05, 3.63) is 94.5 Å². The van der Waals surface area contributed by atoms with Crippen molar-refractivity contribution < 1.29 is 9.59 Å². The van der Waals surface area contributed by atoms with E-state index in [9.17, 15) is 9.59 Å². The molecular formula is C21H17ClN2O2. The Bertz CT molecular complexity index is 938. The highest BCUT2D eigenvalue weighted by Crippen LogP contribution is 2.21. The Kier molecular flexibility index (Phi) is 5.34. The molecule has 0 heterocycles. The third-order valence-electron chi connectivity index (χ3n) is 3.87. The Hall–Kier alpha value is -3.11. The molecule has 26 heavy (non-hydrogen) atoms. The van der Waals surface area contributed by atoms with Gasteiger partial charge in [-0.05, 0) is 61.0 Å². The maximum Gasteiger partial charge on any atom is 0.255 e. The van der Waals surface area contributed by atoms with Gasteiger partial charge in [0.1, 0.15) is 0 Å². The molecule has 0 aromatic heterocycles. The van der Waals surface area contributed by atoms with E-state index in [1.807, 2.05) is 19.1 Å². The maximum atomic E-state index is 12.3. The van der Waals surface area contributed by atoms with Gasteiger partial charge in [-0.25, -0.2) is 0 Å². The molecule has 0 bridgehead atoms. The lowest BCUT2D eigenvalue weighted by Crippen LogP contribution is -2.13. The van der Waals surface area contributed by atoms with Crippen molar-refractivity contribution in [2.24, 2.45) is 0 Å². The molecule has 0 atom stereocenters. The number of anilines is 2. The lowest BCUT2D eigenvalue weighted by Gasteiger charge is -2.08. The summed E-state index contributed by atoms with van der Waals surface area (Å²) in [7, 11) is 0. The van der Waals surface area contributed by atoms with Crippen molar-refractivity contribution in [3.8, 4) is 0 Å². The van der Waals surface area contributed by atoms with Crippen molar-refractivity contribution in [1.29, 1.82) is 0 Å². The summed E-state index contributed by atoms with van der Waals surface area (Å²) < 4.78 is 0. The first-order valence-electron chi connectivity index (χ1n) is 8.07. The molecule has 5 heteroatoms. The molecule has 0 aliphatic carbocycles. The minimum absolute atomic E-state index is 0.197.